The molecular formula is C21H21N3O2. The summed E-state index contributed by atoms with van der Waals surface area (Å²) in [5.74, 6) is -0.140. The normalized spacial score (nSPS) is 16.1. The molecule has 1 aliphatic rings. The Hall–Kier alpha value is -2.92. The van der Waals surface area contributed by atoms with Gasteiger partial charge in [0.05, 0.1) is 18.8 Å². The number of nitrogens with one attached hydrogen (secondary N) is 1. The fourth-order valence-electron chi connectivity index (χ4n) is 3.16. The van der Waals surface area contributed by atoms with Crippen molar-refractivity contribution in [2.24, 2.45) is 0 Å². The molecule has 1 aromatic heterocycles. The van der Waals surface area contributed by atoms with Crippen molar-refractivity contribution >= 4 is 5.91 Å². The van der Waals surface area contributed by atoms with Crippen LogP contribution in [0.4, 0.5) is 0 Å². The largest absolute Gasteiger partial charge is 0.365 e. The third-order valence-corrected chi connectivity index (χ3v) is 4.58. The van der Waals surface area contributed by atoms with Gasteiger partial charge >= 0.3 is 0 Å². The molecule has 0 saturated heterocycles. The van der Waals surface area contributed by atoms with E-state index in [1.807, 2.05) is 47.1 Å². The van der Waals surface area contributed by atoms with E-state index in [1.165, 1.54) is 5.56 Å². The van der Waals surface area contributed by atoms with Gasteiger partial charge in [-0.1, -0.05) is 60.7 Å². The van der Waals surface area contributed by atoms with Crippen molar-refractivity contribution in [2.45, 2.75) is 25.7 Å². The third-order valence-electron chi connectivity index (χ3n) is 4.58. The maximum absolute atomic E-state index is 12.4. The van der Waals surface area contributed by atoms with Gasteiger partial charge in [0.15, 0.2) is 5.69 Å². The molecule has 1 N–H and O–H groups in total. The van der Waals surface area contributed by atoms with Crippen LogP contribution >= 0.6 is 0 Å². The molecule has 0 saturated carbocycles. The average Bonchev–Trinajstić information content (AvgIpc) is 3.13. The van der Waals surface area contributed by atoms with Gasteiger partial charge in [0, 0.05) is 6.54 Å². The smallest absolute Gasteiger partial charge is 0.271 e. The molecule has 5 nitrogen and oxygen atoms in total. The minimum Gasteiger partial charge on any atom is -0.365 e. The summed E-state index contributed by atoms with van der Waals surface area (Å²) in [7, 11) is 0. The molecule has 1 unspecified atom stereocenters. The van der Waals surface area contributed by atoms with E-state index in [1.54, 1.807) is 0 Å². The second-order valence-electron chi connectivity index (χ2n) is 6.40. The van der Waals surface area contributed by atoms with Crippen LogP contribution in [0.1, 0.15) is 33.4 Å². The molecule has 132 valence electrons. The first-order valence-corrected chi connectivity index (χ1v) is 8.85. The predicted molar refractivity (Wildman–Crippen MR) is 98.7 cm³/mol. The van der Waals surface area contributed by atoms with E-state index in [9.17, 15) is 4.79 Å². The molecule has 2 heterocycles. The van der Waals surface area contributed by atoms with Gasteiger partial charge in [-0.25, -0.2) is 0 Å². The van der Waals surface area contributed by atoms with Gasteiger partial charge in [-0.15, -0.1) is 0 Å². The van der Waals surface area contributed by atoms with Gasteiger partial charge in [0.1, 0.15) is 6.10 Å². The number of amides is 1. The fourth-order valence-corrected chi connectivity index (χ4v) is 3.16. The number of rotatable bonds is 5. The summed E-state index contributed by atoms with van der Waals surface area (Å²) in [6, 6.07) is 22.0. The standard InChI is InChI=1S/C21H21N3O2/c25-21(22-12-11-16-7-3-1-4-8-16)19-13-18-15-26-20(14-24(18)23-19)17-9-5-2-6-10-17/h1-10,13,20H,11-12,14-15H2,(H,22,25). The lowest BCUT2D eigenvalue weighted by molar-refractivity contribution is -0.00119. The highest BCUT2D eigenvalue weighted by atomic mass is 16.5. The second-order valence-corrected chi connectivity index (χ2v) is 6.40. The Morgan fingerprint density at radius 2 is 1.85 bits per heavy atom. The van der Waals surface area contributed by atoms with Crippen molar-refractivity contribution in [3.05, 3.63) is 89.2 Å². The highest BCUT2D eigenvalue weighted by Crippen LogP contribution is 2.26. The number of hydrogen-bond acceptors (Lipinski definition) is 3. The Bertz CT molecular complexity index is 875. The summed E-state index contributed by atoms with van der Waals surface area (Å²) in [5.41, 5.74) is 3.72. The molecule has 0 aliphatic carbocycles. The summed E-state index contributed by atoms with van der Waals surface area (Å²) < 4.78 is 7.81. The molecule has 2 aromatic carbocycles. The maximum Gasteiger partial charge on any atom is 0.271 e. The molecule has 0 fully saturated rings. The van der Waals surface area contributed by atoms with E-state index in [0.717, 1.165) is 17.7 Å². The summed E-state index contributed by atoms with van der Waals surface area (Å²) in [4.78, 5) is 12.4. The summed E-state index contributed by atoms with van der Waals surface area (Å²) >= 11 is 0. The van der Waals surface area contributed by atoms with Crippen molar-refractivity contribution in [3.63, 3.8) is 0 Å². The Kier molecular flexibility index (Phi) is 4.80. The highest BCUT2D eigenvalue weighted by molar-refractivity contribution is 5.92. The van der Waals surface area contributed by atoms with Crippen LogP contribution in [0, 0.1) is 0 Å². The number of ether oxygens (including phenoxy) is 1. The molecule has 0 bridgehead atoms. The highest BCUT2D eigenvalue weighted by Gasteiger charge is 2.23. The molecular weight excluding hydrogens is 326 g/mol. The Morgan fingerprint density at radius 1 is 1.12 bits per heavy atom. The number of aromatic nitrogens is 2. The zero-order valence-electron chi connectivity index (χ0n) is 14.5. The quantitative estimate of drug-likeness (QED) is 0.771. The van der Waals surface area contributed by atoms with Crippen molar-refractivity contribution in [3.8, 4) is 0 Å². The second kappa shape index (κ2) is 7.54. The van der Waals surface area contributed by atoms with Gasteiger partial charge in [-0.2, -0.15) is 5.10 Å². The van der Waals surface area contributed by atoms with Crippen LogP contribution in [0.2, 0.25) is 0 Å². The zero-order valence-corrected chi connectivity index (χ0v) is 14.5. The van der Waals surface area contributed by atoms with E-state index in [-0.39, 0.29) is 12.0 Å². The van der Waals surface area contributed by atoms with Crippen LogP contribution in [0.5, 0.6) is 0 Å². The van der Waals surface area contributed by atoms with Crippen LogP contribution in [-0.2, 0) is 24.3 Å². The number of carbonyl (C=O) groups excluding carboxylic acids is 1. The van der Waals surface area contributed by atoms with Crippen LogP contribution in [0.25, 0.3) is 0 Å². The maximum atomic E-state index is 12.4. The van der Waals surface area contributed by atoms with Gasteiger partial charge < -0.3 is 10.1 Å². The van der Waals surface area contributed by atoms with E-state index < -0.39 is 0 Å². The molecule has 3 aromatic rings. The minimum absolute atomic E-state index is 0.0300. The molecule has 5 heteroatoms. The van der Waals surface area contributed by atoms with Gasteiger partial charge in [-0.05, 0) is 23.6 Å². The first-order chi connectivity index (χ1) is 12.8. The lowest BCUT2D eigenvalue weighted by Crippen LogP contribution is -2.26. The Balaban J connectivity index is 1.37. The van der Waals surface area contributed by atoms with Crippen LogP contribution in [-0.4, -0.2) is 22.2 Å². The molecule has 0 radical (unpaired) electrons. The third kappa shape index (κ3) is 3.68. The topological polar surface area (TPSA) is 56.2 Å². The minimum atomic E-state index is -0.140. The molecule has 4 rings (SSSR count). The van der Waals surface area contributed by atoms with Crippen molar-refractivity contribution in [2.75, 3.05) is 6.54 Å². The molecule has 0 spiro atoms. The van der Waals surface area contributed by atoms with Gasteiger partial charge in [0.25, 0.3) is 5.91 Å². The Labute approximate surface area is 152 Å². The summed E-state index contributed by atoms with van der Waals surface area (Å²) in [6.07, 6.45) is 0.775. The molecule has 1 atom stereocenters. The zero-order chi connectivity index (χ0) is 17.8. The van der Waals surface area contributed by atoms with Crippen molar-refractivity contribution < 1.29 is 9.53 Å². The number of benzene rings is 2. The summed E-state index contributed by atoms with van der Waals surface area (Å²) in [5, 5.41) is 7.42. The van der Waals surface area contributed by atoms with Crippen LogP contribution in [0.15, 0.2) is 66.7 Å². The van der Waals surface area contributed by atoms with Gasteiger partial charge in [0.2, 0.25) is 0 Å². The fraction of sp³-hybridized carbons (Fsp3) is 0.238. The van der Waals surface area contributed by atoms with Crippen LogP contribution in [0.3, 0.4) is 0 Å². The Morgan fingerprint density at radius 3 is 2.62 bits per heavy atom. The SMILES string of the molecule is O=C(NCCc1ccccc1)c1cc2n(n1)CC(c1ccccc1)OC2. The average molecular weight is 347 g/mol. The monoisotopic (exact) mass is 347 g/mol. The number of hydrogen-bond donors (Lipinski definition) is 1. The predicted octanol–water partition coefficient (Wildman–Crippen LogP) is 3.13. The lowest BCUT2D eigenvalue weighted by Gasteiger charge is -2.24. The first kappa shape index (κ1) is 16.5. The molecule has 26 heavy (non-hydrogen) atoms. The van der Waals surface area contributed by atoms with E-state index in [4.69, 9.17) is 4.74 Å². The van der Waals surface area contributed by atoms with Crippen molar-refractivity contribution in [1.82, 2.24) is 15.1 Å². The van der Waals surface area contributed by atoms with E-state index >= 15 is 0 Å². The lowest BCUT2D eigenvalue weighted by atomic mass is 10.1. The van der Waals surface area contributed by atoms with Gasteiger partial charge in [-0.3, -0.25) is 9.48 Å². The molecule has 1 aliphatic heterocycles. The van der Waals surface area contributed by atoms with E-state index in [2.05, 4.69) is 34.7 Å². The van der Waals surface area contributed by atoms with Crippen LogP contribution < -0.4 is 5.32 Å². The number of fused-ring (bicyclic) bond motifs is 1. The summed E-state index contributed by atoms with van der Waals surface area (Å²) in [6.45, 7) is 1.68. The first-order valence-electron chi connectivity index (χ1n) is 8.85. The number of nitrogens with zero attached hydrogens (tertiary/aromatic N) is 2. The number of carbonyl (C=O) groups is 1. The molecule has 1 amide bonds. The van der Waals surface area contributed by atoms with Crippen molar-refractivity contribution in [1.29, 1.82) is 0 Å². The van der Waals surface area contributed by atoms with E-state index in [0.29, 0.717) is 25.4 Å².